The number of carbonyl (C=O) groups is 2. The average Bonchev–Trinajstić information content (AvgIpc) is 2.72. The van der Waals surface area contributed by atoms with Gasteiger partial charge in [0.1, 0.15) is 11.5 Å². The third kappa shape index (κ3) is 6.58. The molecule has 2 amide bonds. The van der Waals surface area contributed by atoms with Gasteiger partial charge in [0.05, 0.1) is 0 Å². The quantitative estimate of drug-likeness (QED) is 0.600. The van der Waals surface area contributed by atoms with E-state index in [-0.39, 0.29) is 19.7 Å². The van der Waals surface area contributed by atoms with Crippen LogP contribution in [0.2, 0.25) is 0 Å². The molecule has 8 nitrogen and oxygen atoms in total. The lowest BCUT2D eigenvalue weighted by molar-refractivity contribution is -0.128. The Morgan fingerprint density at radius 3 is 2.14 bits per heavy atom. The molecule has 0 unspecified atom stereocenters. The van der Waals surface area contributed by atoms with Gasteiger partial charge in [-0.3, -0.25) is 20.4 Å². The summed E-state index contributed by atoms with van der Waals surface area (Å²) in [4.78, 5) is 23.8. The Morgan fingerprint density at radius 1 is 0.897 bits per heavy atom. The number of benzene rings is 2. The van der Waals surface area contributed by atoms with Gasteiger partial charge in [0.25, 0.3) is 11.8 Å². The van der Waals surface area contributed by atoms with Crippen LogP contribution in [-0.4, -0.2) is 50.0 Å². The summed E-state index contributed by atoms with van der Waals surface area (Å²) in [6.45, 7) is 3.57. The van der Waals surface area contributed by atoms with Crippen molar-refractivity contribution in [2.24, 2.45) is 0 Å². The monoisotopic (exact) mass is 419 g/mol. The van der Waals surface area contributed by atoms with Gasteiger partial charge in [0.15, 0.2) is 6.61 Å². The number of ether oxygens (including phenoxy) is 1. The Kier molecular flexibility index (Phi) is 8.17. The molecule has 2 rings (SSSR count). The molecular formula is C20H25N3O5S. The van der Waals surface area contributed by atoms with Gasteiger partial charge in [-0.2, -0.15) is 0 Å². The maximum Gasteiger partial charge on any atom is 0.276 e. The van der Waals surface area contributed by atoms with Crippen molar-refractivity contribution in [3.8, 4) is 16.9 Å². The zero-order chi connectivity index (χ0) is 21.3. The second kappa shape index (κ2) is 10.6. The first kappa shape index (κ1) is 22.4. The molecule has 2 aromatic rings. The Bertz CT molecular complexity index is 928. The number of hydrogen-bond donors (Lipinski definition) is 2. The predicted octanol–water partition coefficient (Wildman–Crippen LogP) is 1.55. The van der Waals surface area contributed by atoms with E-state index in [1.54, 1.807) is 26.0 Å². The summed E-state index contributed by atoms with van der Waals surface area (Å²) < 4.78 is 30.9. The van der Waals surface area contributed by atoms with Crippen molar-refractivity contribution in [3.63, 3.8) is 0 Å². The molecule has 0 aliphatic carbocycles. The minimum Gasteiger partial charge on any atom is -0.483 e. The molecule has 0 aliphatic rings. The fourth-order valence-corrected chi connectivity index (χ4v) is 4.05. The molecule has 2 aromatic carbocycles. The zero-order valence-electron chi connectivity index (χ0n) is 16.4. The number of nitrogens with zero attached hydrogens (tertiary/aromatic N) is 1. The smallest absolute Gasteiger partial charge is 0.276 e. The van der Waals surface area contributed by atoms with Crippen molar-refractivity contribution < 1.29 is 22.7 Å². The van der Waals surface area contributed by atoms with Gasteiger partial charge < -0.3 is 4.74 Å². The van der Waals surface area contributed by atoms with Gasteiger partial charge in [-0.1, -0.05) is 62.4 Å². The van der Waals surface area contributed by atoms with Crippen molar-refractivity contribution in [2.45, 2.75) is 13.8 Å². The number of hydrogen-bond acceptors (Lipinski definition) is 5. The van der Waals surface area contributed by atoms with Gasteiger partial charge >= 0.3 is 0 Å². The standard InChI is InChI=1S/C20H25N3O5S/c1-3-23(4-2)29(26,27)15-20(25)22-21-19(24)14-28-18-13-9-8-12-17(18)16-10-6-5-7-11-16/h5-13H,3-4,14-15H2,1-2H3,(H,21,24)(H,22,25). The van der Waals surface area contributed by atoms with Gasteiger partial charge in [0, 0.05) is 18.7 Å². The van der Waals surface area contributed by atoms with E-state index in [0.717, 1.165) is 11.1 Å². The molecule has 0 fully saturated rings. The fraction of sp³-hybridized carbons (Fsp3) is 0.300. The van der Waals surface area contributed by atoms with Crippen LogP contribution in [0.5, 0.6) is 5.75 Å². The first-order chi connectivity index (χ1) is 13.9. The Morgan fingerprint density at radius 2 is 1.48 bits per heavy atom. The average molecular weight is 420 g/mol. The molecule has 156 valence electrons. The number of nitrogens with one attached hydrogen (secondary N) is 2. The van der Waals surface area contributed by atoms with Crippen LogP contribution in [0.4, 0.5) is 0 Å². The summed E-state index contributed by atoms with van der Waals surface area (Å²) in [5.41, 5.74) is 6.03. The van der Waals surface area contributed by atoms with E-state index in [0.29, 0.717) is 5.75 Å². The highest BCUT2D eigenvalue weighted by Gasteiger charge is 2.23. The number of sulfonamides is 1. The Labute approximate surface area is 170 Å². The maximum atomic E-state index is 12.1. The molecule has 0 atom stereocenters. The van der Waals surface area contributed by atoms with Gasteiger partial charge in [0.2, 0.25) is 10.0 Å². The van der Waals surface area contributed by atoms with E-state index in [1.165, 1.54) is 4.31 Å². The topological polar surface area (TPSA) is 105 Å². The van der Waals surface area contributed by atoms with E-state index in [9.17, 15) is 18.0 Å². The second-order valence-corrected chi connectivity index (χ2v) is 8.06. The first-order valence-corrected chi connectivity index (χ1v) is 10.8. The third-order valence-electron chi connectivity index (χ3n) is 4.08. The Hall–Kier alpha value is -2.91. The van der Waals surface area contributed by atoms with Gasteiger partial charge in [-0.15, -0.1) is 0 Å². The lowest BCUT2D eigenvalue weighted by Gasteiger charge is -2.18. The first-order valence-electron chi connectivity index (χ1n) is 9.20. The van der Waals surface area contributed by atoms with E-state index in [2.05, 4.69) is 10.9 Å². The van der Waals surface area contributed by atoms with Crippen LogP contribution >= 0.6 is 0 Å². The number of hydrazine groups is 1. The van der Waals surface area contributed by atoms with Gasteiger partial charge in [-0.25, -0.2) is 12.7 Å². The molecule has 0 aliphatic heterocycles. The zero-order valence-corrected chi connectivity index (χ0v) is 17.2. The van der Waals surface area contributed by atoms with E-state index in [4.69, 9.17) is 4.74 Å². The van der Waals surface area contributed by atoms with Crippen LogP contribution in [0.15, 0.2) is 54.6 Å². The summed E-state index contributed by atoms with van der Waals surface area (Å²) in [6, 6.07) is 16.8. The van der Waals surface area contributed by atoms with Crippen molar-refractivity contribution in [1.29, 1.82) is 0 Å². The van der Waals surface area contributed by atoms with Crippen LogP contribution in [-0.2, 0) is 19.6 Å². The molecule has 9 heteroatoms. The van der Waals surface area contributed by atoms with Crippen molar-refractivity contribution >= 4 is 21.8 Å². The number of amides is 2. The number of carbonyl (C=O) groups excluding carboxylic acids is 2. The summed E-state index contributed by atoms with van der Waals surface area (Å²) >= 11 is 0. The molecule has 0 saturated heterocycles. The molecule has 0 spiro atoms. The highest BCUT2D eigenvalue weighted by atomic mass is 32.2. The normalized spacial score (nSPS) is 11.1. The van der Waals surface area contributed by atoms with Crippen LogP contribution in [0, 0.1) is 0 Å². The highest BCUT2D eigenvalue weighted by Crippen LogP contribution is 2.29. The van der Waals surface area contributed by atoms with Crippen LogP contribution in [0.25, 0.3) is 11.1 Å². The minimum absolute atomic E-state index is 0.271. The maximum absolute atomic E-state index is 12.1. The minimum atomic E-state index is -3.72. The summed E-state index contributed by atoms with van der Waals surface area (Å²) in [6.07, 6.45) is 0. The molecule has 0 radical (unpaired) electrons. The van der Waals surface area contributed by atoms with E-state index in [1.807, 2.05) is 42.5 Å². The summed E-state index contributed by atoms with van der Waals surface area (Å²) in [5, 5.41) is 0. The fourth-order valence-electron chi connectivity index (χ4n) is 2.68. The highest BCUT2D eigenvalue weighted by molar-refractivity contribution is 7.89. The van der Waals surface area contributed by atoms with Gasteiger partial charge in [-0.05, 0) is 11.6 Å². The van der Waals surface area contributed by atoms with Crippen LogP contribution in [0.1, 0.15) is 13.8 Å². The molecule has 2 N–H and O–H groups in total. The molecular weight excluding hydrogens is 394 g/mol. The van der Waals surface area contributed by atoms with Crippen molar-refractivity contribution in [1.82, 2.24) is 15.2 Å². The summed E-state index contributed by atoms with van der Waals surface area (Å²) in [7, 11) is -3.72. The molecule has 0 heterocycles. The lowest BCUT2D eigenvalue weighted by Crippen LogP contribution is -2.47. The molecule has 0 saturated carbocycles. The molecule has 0 bridgehead atoms. The second-order valence-electron chi connectivity index (χ2n) is 6.09. The number of para-hydroxylation sites is 1. The summed E-state index contributed by atoms with van der Waals surface area (Å²) in [5.74, 6) is -1.66. The van der Waals surface area contributed by atoms with Crippen molar-refractivity contribution in [2.75, 3.05) is 25.4 Å². The predicted molar refractivity (Wildman–Crippen MR) is 110 cm³/mol. The molecule has 29 heavy (non-hydrogen) atoms. The van der Waals surface area contributed by atoms with Crippen LogP contribution < -0.4 is 15.6 Å². The SMILES string of the molecule is CCN(CC)S(=O)(=O)CC(=O)NNC(=O)COc1ccccc1-c1ccccc1. The Balaban J connectivity index is 1.88. The van der Waals surface area contributed by atoms with Crippen molar-refractivity contribution in [3.05, 3.63) is 54.6 Å². The van der Waals surface area contributed by atoms with E-state index >= 15 is 0 Å². The van der Waals surface area contributed by atoms with E-state index < -0.39 is 27.6 Å². The number of rotatable bonds is 9. The lowest BCUT2D eigenvalue weighted by atomic mass is 10.1. The third-order valence-corrected chi connectivity index (χ3v) is 6.01. The largest absolute Gasteiger partial charge is 0.483 e. The molecule has 0 aromatic heterocycles. The van der Waals surface area contributed by atoms with Crippen LogP contribution in [0.3, 0.4) is 0 Å².